The van der Waals surface area contributed by atoms with Gasteiger partial charge in [-0.25, -0.2) is 4.39 Å². The number of nitrogens with two attached hydrogens (primary N) is 1. The Morgan fingerprint density at radius 2 is 2.00 bits per heavy atom. The molecule has 1 aliphatic carbocycles. The number of rotatable bonds is 2. The normalized spacial score (nSPS) is 18.4. The first kappa shape index (κ1) is 13.5. The summed E-state index contributed by atoms with van der Waals surface area (Å²) < 4.78 is 13.5. The molecular formula is C13H16BrFN2O. The SMILES string of the molecule is NC1(C(=O)Nc2ccc(F)cc2Br)CCCCC1. The van der Waals surface area contributed by atoms with Crippen molar-refractivity contribution in [1.82, 2.24) is 0 Å². The van der Waals surface area contributed by atoms with Crippen LogP contribution in [0.4, 0.5) is 10.1 Å². The Morgan fingerprint density at radius 1 is 1.33 bits per heavy atom. The van der Waals surface area contributed by atoms with Gasteiger partial charge in [-0.3, -0.25) is 4.79 Å². The van der Waals surface area contributed by atoms with Crippen molar-refractivity contribution in [3.63, 3.8) is 0 Å². The lowest BCUT2D eigenvalue weighted by Gasteiger charge is -2.31. The number of nitrogens with one attached hydrogen (secondary N) is 1. The summed E-state index contributed by atoms with van der Waals surface area (Å²) in [5.41, 5.74) is 5.90. The standard InChI is InChI=1S/C13H16BrFN2O/c14-10-8-9(15)4-5-11(10)17-12(18)13(16)6-2-1-3-7-13/h4-5,8H,1-3,6-7,16H2,(H,17,18). The third-order valence-electron chi connectivity index (χ3n) is 3.38. The Morgan fingerprint density at radius 3 is 2.61 bits per heavy atom. The van der Waals surface area contributed by atoms with Crippen LogP contribution < -0.4 is 11.1 Å². The average Bonchev–Trinajstić information content (AvgIpc) is 2.33. The Balaban J connectivity index is 2.11. The van der Waals surface area contributed by atoms with Gasteiger partial charge in [-0.15, -0.1) is 0 Å². The molecule has 1 fully saturated rings. The first-order chi connectivity index (χ1) is 8.51. The summed E-state index contributed by atoms with van der Waals surface area (Å²) in [6.07, 6.45) is 4.50. The van der Waals surface area contributed by atoms with Crippen molar-refractivity contribution in [2.24, 2.45) is 5.73 Å². The number of carbonyl (C=O) groups is 1. The number of halogens is 2. The first-order valence-electron chi connectivity index (χ1n) is 6.07. The second kappa shape index (κ2) is 5.36. The molecule has 98 valence electrons. The molecule has 0 saturated heterocycles. The van der Waals surface area contributed by atoms with Gasteiger partial charge in [0.15, 0.2) is 0 Å². The lowest BCUT2D eigenvalue weighted by atomic mass is 9.82. The maximum absolute atomic E-state index is 12.9. The molecule has 0 spiro atoms. The quantitative estimate of drug-likeness (QED) is 0.880. The van der Waals surface area contributed by atoms with Gasteiger partial charge in [0, 0.05) is 4.47 Å². The highest BCUT2D eigenvalue weighted by Crippen LogP contribution is 2.29. The highest BCUT2D eigenvalue weighted by atomic mass is 79.9. The van der Waals surface area contributed by atoms with Gasteiger partial charge in [-0.2, -0.15) is 0 Å². The predicted molar refractivity (Wildman–Crippen MR) is 72.7 cm³/mol. The highest BCUT2D eigenvalue weighted by molar-refractivity contribution is 9.10. The van der Waals surface area contributed by atoms with Gasteiger partial charge in [0.1, 0.15) is 5.82 Å². The smallest absolute Gasteiger partial charge is 0.244 e. The molecule has 0 aliphatic heterocycles. The maximum Gasteiger partial charge on any atom is 0.244 e. The summed E-state index contributed by atoms with van der Waals surface area (Å²) in [5.74, 6) is -0.533. The molecular weight excluding hydrogens is 299 g/mol. The van der Waals surface area contributed by atoms with E-state index in [1.54, 1.807) is 0 Å². The molecule has 3 N–H and O–H groups in total. The van der Waals surface area contributed by atoms with Crippen LogP contribution in [0.1, 0.15) is 32.1 Å². The van der Waals surface area contributed by atoms with Crippen molar-refractivity contribution < 1.29 is 9.18 Å². The van der Waals surface area contributed by atoms with E-state index in [1.165, 1.54) is 18.2 Å². The number of hydrogen-bond acceptors (Lipinski definition) is 2. The fraction of sp³-hybridized carbons (Fsp3) is 0.462. The predicted octanol–water partition coefficient (Wildman–Crippen LogP) is 3.19. The lowest BCUT2D eigenvalue weighted by molar-refractivity contribution is -0.122. The van der Waals surface area contributed by atoms with Crippen LogP contribution in [0, 0.1) is 5.82 Å². The van der Waals surface area contributed by atoms with Crippen LogP contribution in [-0.4, -0.2) is 11.4 Å². The summed E-state index contributed by atoms with van der Waals surface area (Å²) in [6, 6.07) is 4.16. The molecule has 0 aromatic heterocycles. The van der Waals surface area contributed by atoms with Gasteiger partial charge in [0.05, 0.1) is 11.2 Å². The number of anilines is 1. The van der Waals surface area contributed by atoms with E-state index in [-0.39, 0.29) is 11.7 Å². The molecule has 0 unspecified atom stereocenters. The van der Waals surface area contributed by atoms with E-state index in [1.807, 2.05) is 0 Å². The van der Waals surface area contributed by atoms with Gasteiger partial charge < -0.3 is 11.1 Å². The van der Waals surface area contributed by atoms with Gasteiger partial charge >= 0.3 is 0 Å². The molecule has 1 aliphatic rings. The fourth-order valence-electron chi connectivity index (χ4n) is 2.25. The van der Waals surface area contributed by atoms with E-state index in [0.29, 0.717) is 23.0 Å². The van der Waals surface area contributed by atoms with Gasteiger partial charge in [-0.1, -0.05) is 19.3 Å². The van der Waals surface area contributed by atoms with Crippen LogP contribution in [0.3, 0.4) is 0 Å². The van der Waals surface area contributed by atoms with Crippen molar-refractivity contribution in [2.75, 3.05) is 5.32 Å². The topological polar surface area (TPSA) is 55.1 Å². The van der Waals surface area contributed by atoms with Crippen molar-refractivity contribution in [2.45, 2.75) is 37.6 Å². The van der Waals surface area contributed by atoms with Crippen LogP contribution in [0.25, 0.3) is 0 Å². The highest BCUT2D eigenvalue weighted by Gasteiger charge is 2.35. The van der Waals surface area contributed by atoms with Crippen LogP contribution >= 0.6 is 15.9 Å². The van der Waals surface area contributed by atoms with Crippen LogP contribution in [0.2, 0.25) is 0 Å². The van der Waals surface area contributed by atoms with E-state index in [0.717, 1.165) is 19.3 Å². The molecule has 18 heavy (non-hydrogen) atoms. The minimum absolute atomic E-state index is 0.186. The van der Waals surface area contributed by atoms with E-state index in [4.69, 9.17) is 5.73 Å². The van der Waals surface area contributed by atoms with Crippen molar-refractivity contribution in [3.05, 3.63) is 28.5 Å². The average molecular weight is 315 g/mol. The van der Waals surface area contributed by atoms with E-state index in [2.05, 4.69) is 21.2 Å². The van der Waals surface area contributed by atoms with Crippen molar-refractivity contribution in [3.8, 4) is 0 Å². The minimum Gasteiger partial charge on any atom is -0.323 e. The lowest BCUT2D eigenvalue weighted by Crippen LogP contribution is -2.52. The molecule has 0 bridgehead atoms. The van der Waals surface area contributed by atoms with Gasteiger partial charge in [-0.05, 0) is 47.0 Å². The number of benzene rings is 1. The summed E-state index contributed by atoms with van der Waals surface area (Å²) in [5, 5.41) is 2.77. The number of hydrogen-bond donors (Lipinski definition) is 2. The van der Waals surface area contributed by atoms with Gasteiger partial charge in [0.2, 0.25) is 5.91 Å². The molecule has 1 aromatic carbocycles. The monoisotopic (exact) mass is 314 g/mol. The van der Waals surface area contributed by atoms with Crippen LogP contribution in [-0.2, 0) is 4.79 Å². The van der Waals surface area contributed by atoms with Crippen LogP contribution in [0.5, 0.6) is 0 Å². The zero-order valence-corrected chi connectivity index (χ0v) is 11.6. The fourth-order valence-corrected chi connectivity index (χ4v) is 2.70. The molecule has 1 aromatic rings. The Hall–Kier alpha value is -0.940. The number of amides is 1. The second-order valence-electron chi connectivity index (χ2n) is 4.80. The summed E-state index contributed by atoms with van der Waals surface area (Å²) in [4.78, 5) is 12.2. The molecule has 0 atom stereocenters. The molecule has 2 rings (SSSR count). The molecule has 0 heterocycles. The maximum atomic E-state index is 12.9. The number of carbonyl (C=O) groups excluding carboxylic acids is 1. The Bertz CT molecular complexity index is 458. The summed E-state index contributed by atoms with van der Waals surface area (Å²) in [6.45, 7) is 0. The molecule has 0 radical (unpaired) electrons. The van der Waals surface area contributed by atoms with E-state index >= 15 is 0 Å². The van der Waals surface area contributed by atoms with Crippen LogP contribution in [0.15, 0.2) is 22.7 Å². The first-order valence-corrected chi connectivity index (χ1v) is 6.86. The largest absolute Gasteiger partial charge is 0.323 e. The van der Waals surface area contributed by atoms with Crippen molar-refractivity contribution in [1.29, 1.82) is 0 Å². The molecule has 3 nitrogen and oxygen atoms in total. The summed E-state index contributed by atoms with van der Waals surface area (Å²) in [7, 11) is 0. The summed E-state index contributed by atoms with van der Waals surface area (Å²) >= 11 is 3.22. The molecule has 5 heteroatoms. The zero-order chi connectivity index (χ0) is 13.2. The van der Waals surface area contributed by atoms with E-state index in [9.17, 15) is 9.18 Å². The molecule has 1 amide bonds. The third kappa shape index (κ3) is 2.90. The van der Waals surface area contributed by atoms with E-state index < -0.39 is 5.54 Å². The third-order valence-corrected chi connectivity index (χ3v) is 4.03. The minimum atomic E-state index is -0.786. The van der Waals surface area contributed by atoms with Gasteiger partial charge in [0.25, 0.3) is 0 Å². The Kier molecular flexibility index (Phi) is 4.02. The Labute approximate surface area is 114 Å². The molecule has 1 saturated carbocycles. The zero-order valence-electron chi connectivity index (χ0n) is 10.0. The second-order valence-corrected chi connectivity index (χ2v) is 5.65. The van der Waals surface area contributed by atoms with Crippen molar-refractivity contribution >= 4 is 27.5 Å².